The highest BCUT2D eigenvalue weighted by molar-refractivity contribution is 5.81. The molecular formula is C28H40O2. The van der Waals surface area contributed by atoms with Gasteiger partial charge in [0.05, 0.1) is 0 Å². The molecule has 2 heteroatoms. The van der Waals surface area contributed by atoms with Crippen LogP contribution in [0.2, 0.25) is 0 Å². The second kappa shape index (κ2) is 10.3. The Balaban J connectivity index is 2.39. The third-order valence-electron chi connectivity index (χ3n) is 6.51. The monoisotopic (exact) mass is 408 g/mol. The maximum Gasteiger partial charge on any atom is 0.328 e. The van der Waals surface area contributed by atoms with Gasteiger partial charge in [-0.2, -0.15) is 0 Å². The Kier molecular flexibility index (Phi) is 8.29. The molecule has 0 atom stereocenters. The number of benzene rings is 1. The normalized spacial score (nSPS) is 18.1. The first-order valence-electron chi connectivity index (χ1n) is 11.5. The van der Waals surface area contributed by atoms with Gasteiger partial charge in [-0.15, -0.1) is 0 Å². The summed E-state index contributed by atoms with van der Waals surface area (Å²) in [6.07, 6.45) is 17.9. The summed E-state index contributed by atoms with van der Waals surface area (Å²) in [5, 5.41) is 8.85. The maximum atomic E-state index is 10.8. The molecule has 0 spiro atoms. The van der Waals surface area contributed by atoms with Crippen molar-refractivity contribution in [3.05, 3.63) is 64.3 Å². The minimum atomic E-state index is -0.907. The number of unbranched alkanes of at least 4 members (excludes halogenated alkanes) is 3. The van der Waals surface area contributed by atoms with E-state index < -0.39 is 5.97 Å². The van der Waals surface area contributed by atoms with Crippen molar-refractivity contribution in [2.75, 3.05) is 0 Å². The van der Waals surface area contributed by atoms with Crippen LogP contribution in [0.15, 0.2) is 42.0 Å². The molecule has 1 aliphatic carbocycles. The van der Waals surface area contributed by atoms with Crippen molar-refractivity contribution in [1.29, 1.82) is 0 Å². The molecule has 1 aliphatic rings. The highest BCUT2D eigenvalue weighted by Crippen LogP contribution is 2.46. The van der Waals surface area contributed by atoms with E-state index in [4.69, 9.17) is 5.11 Å². The standard InChI is InChI=1S/C28H40O2/c1-7-8-9-10-14-22-19-24-25(28(5,6)17-16-27(24,3)4)20-23(22)15-12-11-13-21(2)18-26(29)30/h11-13,15,18-20H,7-10,14,16-17H2,1-6H3,(H,29,30)/b13-11+,15-12+,21-18-. The molecule has 30 heavy (non-hydrogen) atoms. The Hall–Kier alpha value is -2.09. The predicted molar refractivity (Wildman–Crippen MR) is 129 cm³/mol. The van der Waals surface area contributed by atoms with Gasteiger partial charge in [-0.3, -0.25) is 0 Å². The molecule has 0 saturated carbocycles. The number of allylic oxidation sites excluding steroid dienone is 4. The van der Waals surface area contributed by atoms with E-state index >= 15 is 0 Å². The summed E-state index contributed by atoms with van der Waals surface area (Å²) in [7, 11) is 0. The lowest BCUT2D eigenvalue weighted by Crippen LogP contribution is -2.34. The summed E-state index contributed by atoms with van der Waals surface area (Å²) in [5.74, 6) is -0.907. The SMILES string of the molecule is CCCCCCc1cc2c(cc1/C=C/C=C/C(C)=C\C(=O)O)C(C)(C)CCC2(C)C. The smallest absolute Gasteiger partial charge is 0.328 e. The molecular weight excluding hydrogens is 368 g/mol. The number of carboxylic acids is 1. The molecule has 164 valence electrons. The van der Waals surface area contributed by atoms with Gasteiger partial charge in [0.15, 0.2) is 0 Å². The van der Waals surface area contributed by atoms with Gasteiger partial charge in [0.25, 0.3) is 0 Å². The topological polar surface area (TPSA) is 37.3 Å². The van der Waals surface area contributed by atoms with Crippen molar-refractivity contribution in [2.45, 2.75) is 97.3 Å². The number of carbonyl (C=O) groups is 1. The van der Waals surface area contributed by atoms with E-state index in [9.17, 15) is 4.79 Å². The van der Waals surface area contributed by atoms with Gasteiger partial charge < -0.3 is 5.11 Å². The number of fused-ring (bicyclic) bond motifs is 1. The zero-order chi connectivity index (χ0) is 22.4. The molecule has 1 aromatic rings. The van der Waals surface area contributed by atoms with Crippen LogP contribution >= 0.6 is 0 Å². The van der Waals surface area contributed by atoms with Gasteiger partial charge >= 0.3 is 5.97 Å². The van der Waals surface area contributed by atoms with E-state index in [1.54, 1.807) is 6.92 Å². The average Bonchev–Trinajstić information content (AvgIpc) is 2.66. The summed E-state index contributed by atoms with van der Waals surface area (Å²) < 4.78 is 0. The lowest BCUT2D eigenvalue weighted by Gasteiger charge is -2.42. The second-order valence-electron chi connectivity index (χ2n) is 10.1. The quantitative estimate of drug-likeness (QED) is 0.257. The third-order valence-corrected chi connectivity index (χ3v) is 6.51. The molecule has 0 amide bonds. The lowest BCUT2D eigenvalue weighted by molar-refractivity contribution is -0.131. The molecule has 0 saturated heterocycles. The first kappa shape index (κ1) is 24.2. The third kappa shape index (κ3) is 6.45. The maximum absolute atomic E-state index is 10.8. The number of rotatable bonds is 9. The molecule has 0 fully saturated rings. The number of aryl methyl sites for hydroxylation is 1. The van der Waals surface area contributed by atoms with E-state index in [0.29, 0.717) is 0 Å². The van der Waals surface area contributed by atoms with Crippen LogP contribution < -0.4 is 0 Å². The molecule has 2 nitrogen and oxygen atoms in total. The zero-order valence-corrected chi connectivity index (χ0v) is 19.8. The van der Waals surface area contributed by atoms with Crippen molar-refractivity contribution >= 4 is 12.0 Å². The summed E-state index contributed by atoms with van der Waals surface area (Å²) >= 11 is 0. The fourth-order valence-electron chi connectivity index (χ4n) is 4.40. The Bertz CT molecular complexity index is 834. The van der Waals surface area contributed by atoms with Gasteiger partial charge in [-0.25, -0.2) is 4.79 Å². The van der Waals surface area contributed by atoms with Gasteiger partial charge in [-0.1, -0.05) is 90.3 Å². The molecule has 0 aliphatic heterocycles. The van der Waals surface area contributed by atoms with Gasteiger partial charge in [0.1, 0.15) is 0 Å². The molecule has 0 heterocycles. The Labute approximate surface area is 183 Å². The van der Waals surface area contributed by atoms with Crippen LogP contribution in [0, 0.1) is 0 Å². The van der Waals surface area contributed by atoms with Crippen molar-refractivity contribution in [2.24, 2.45) is 0 Å². The molecule has 0 radical (unpaired) electrons. The number of carboxylic acid groups (broad SMARTS) is 1. The van der Waals surface area contributed by atoms with Crippen LogP contribution in [0.1, 0.15) is 102 Å². The van der Waals surface area contributed by atoms with Crippen molar-refractivity contribution in [3.8, 4) is 0 Å². The minimum Gasteiger partial charge on any atom is -0.478 e. The van der Waals surface area contributed by atoms with Crippen LogP contribution in [0.3, 0.4) is 0 Å². The Morgan fingerprint density at radius 2 is 1.63 bits per heavy atom. The second-order valence-corrected chi connectivity index (χ2v) is 10.1. The fraction of sp³-hybridized carbons (Fsp3) is 0.536. The Morgan fingerprint density at radius 1 is 1.00 bits per heavy atom. The predicted octanol–water partition coefficient (Wildman–Crippen LogP) is 7.76. The van der Waals surface area contributed by atoms with Gasteiger partial charge in [-0.05, 0) is 71.3 Å². The van der Waals surface area contributed by atoms with Gasteiger partial charge in [0, 0.05) is 6.08 Å². The summed E-state index contributed by atoms with van der Waals surface area (Å²) in [6.45, 7) is 13.6. The number of aliphatic carboxylic acids is 1. The fourth-order valence-corrected chi connectivity index (χ4v) is 4.40. The average molecular weight is 409 g/mol. The van der Waals surface area contributed by atoms with E-state index in [1.165, 1.54) is 66.9 Å². The van der Waals surface area contributed by atoms with Crippen molar-refractivity contribution in [3.63, 3.8) is 0 Å². The van der Waals surface area contributed by atoms with E-state index in [-0.39, 0.29) is 10.8 Å². The van der Waals surface area contributed by atoms with Crippen molar-refractivity contribution < 1.29 is 9.90 Å². The van der Waals surface area contributed by atoms with Gasteiger partial charge in [0.2, 0.25) is 0 Å². The van der Waals surface area contributed by atoms with E-state index in [1.807, 2.05) is 18.2 Å². The van der Waals surface area contributed by atoms with Crippen LogP contribution in [-0.4, -0.2) is 11.1 Å². The number of hydrogen-bond acceptors (Lipinski definition) is 1. The van der Waals surface area contributed by atoms with Crippen LogP contribution in [0.4, 0.5) is 0 Å². The summed E-state index contributed by atoms with van der Waals surface area (Å²) in [5.41, 5.74) is 6.92. The summed E-state index contributed by atoms with van der Waals surface area (Å²) in [4.78, 5) is 10.8. The molecule has 0 aromatic heterocycles. The molecule has 1 aromatic carbocycles. The highest BCUT2D eigenvalue weighted by atomic mass is 16.4. The zero-order valence-electron chi connectivity index (χ0n) is 19.8. The minimum absolute atomic E-state index is 0.199. The van der Waals surface area contributed by atoms with E-state index in [0.717, 1.165) is 12.0 Å². The van der Waals surface area contributed by atoms with Crippen LogP contribution in [0.5, 0.6) is 0 Å². The largest absolute Gasteiger partial charge is 0.478 e. The highest BCUT2D eigenvalue weighted by Gasteiger charge is 2.37. The van der Waals surface area contributed by atoms with E-state index in [2.05, 4.69) is 52.8 Å². The molecule has 1 N–H and O–H groups in total. The number of hydrogen-bond donors (Lipinski definition) is 1. The van der Waals surface area contributed by atoms with Crippen LogP contribution in [0.25, 0.3) is 6.08 Å². The molecule has 0 unspecified atom stereocenters. The van der Waals surface area contributed by atoms with Crippen molar-refractivity contribution in [1.82, 2.24) is 0 Å². The first-order valence-corrected chi connectivity index (χ1v) is 11.5. The first-order chi connectivity index (χ1) is 14.1. The van der Waals surface area contributed by atoms with Crippen LogP contribution in [-0.2, 0) is 22.0 Å². The lowest BCUT2D eigenvalue weighted by atomic mass is 9.62. The summed E-state index contributed by atoms with van der Waals surface area (Å²) in [6, 6.07) is 4.91. The molecule has 0 bridgehead atoms. The molecule has 2 rings (SSSR count). The Morgan fingerprint density at radius 3 is 2.23 bits per heavy atom.